The van der Waals surface area contributed by atoms with Crippen LogP contribution in [0.4, 0.5) is 0 Å². The number of halogens is 1. The lowest BCUT2D eigenvalue weighted by Crippen LogP contribution is -2.24. The number of ether oxygens (including phenoxy) is 1. The van der Waals surface area contributed by atoms with Crippen molar-refractivity contribution >= 4 is 34.1 Å². The first-order chi connectivity index (χ1) is 10.6. The molecule has 0 unspecified atom stereocenters. The van der Waals surface area contributed by atoms with Crippen molar-refractivity contribution in [3.8, 4) is 5.75 Å². The van der Waals surface area contributed by atoms with Crippen molar-refractivity contribution in [1.82, 2.24) is 5.43 Å². The van der Waals surface area contributed by atoms with Crippen molar-refractivity contribution in [3.63, 3.8) is 0 Å². The molecule has 0 spiro atoms. The SMILES string of the molecule is Cc1ccc(OCC(=O)N/N=C/C=C/c2ccco2)c(Br)c1. The van der Waals surface area contributed by atoms with Crippen LogP contribution < -0.4 is 10.2 Å². The van der Waals surface area contributed by atoms with Crippen LogP contribution in [0.25, 0.3) is 6.08 Å². The van der Waals surface area contributed by atoms with E-state index in [9.17, 15) is 4.79 Å². The molecule has 5 nitrogen and oxygen atoms in total. The van der Waals surface area contributed by atoms with E-state index in [0.717, 1.165) is 10.0 Å². The van der Waals surface area contributed by atoms with Crippen molar-refractivity contribution in [2.45, 2.75) is 6.92 Å². The number of hydrogen-bond donors (Lipinski definition) is 1. The highest BCUT2D eigenvalue weighted by atomic mass is 79.9. The van der Waals surface area contributed by atoms with Gasteiger partial charge >= 0.3 is 0 Å². The van der Waals surface area contributed by atoms with Gasteiger partial charge in [0.05, 0.1) is 10.7 Å². The van der Waals surface area contributed by atoms with Gasteiger partial charge in [-0.05, 0) is 64.8 Å². The largest absolute Gasteiger partial charge is 0.483 e. The number of nitrogens with one attached hydrogen (secondary N) is 1. The Balaban J connectivity index is 1.73. The van der Waals surface area contributed by atoms with Gasteiger partial charge in [0.25, 0.3) is 5.91 Å². The fraction of sp³-hybridized carbons (Fsp3) is 0.125. The number of hydrogen-bond acceptors (Lipinski definition) is 4. The fourth-order valence-electron chi connectivity index (χ4n) is 1.57. The molecule has 1 aromatic heterocycles. The molecule has 0 atom stereocenters. The van der Waals surface area contributed by atoms with E-state index in [1.807, 2.05) is 31.2 Å². The van der Waals surface area contributed by atoms with Gasteiger partial charge in [0.2, 0.25) is 0 Å². The van der Waals surface area contributed by atoms with Crippen LogP contribution in [0.2, 0.25) is 0 Å². The monoisotopic (exact) mass is 362 g/mol. The summed E-state index contributed by atoms with van der Waals surface area (Å²) in [5.74, 6) is 0.989. The molecule has 1 amide bonds. The van der Waals surface area contributed by atoms with Gasteiger partial charge in [-0.25, -0.2) is 5.43 Å². The number of allylic oxidation sites excluding steroid dienone is 1. The highest BCUT2D eigenvalue weighted by Gasteiger charge is 2.04. The molecule has 0 aliphatic carbocycles. The molecule has 0 bridgehead atoms. The Morgan fingerprint density at radius 3 is 3.05 bits per heavy atom. The summed E-state index contributed by atoms with van der Waals surface area (Å²) >= 11 is 3.38. The van der Waals surface area contributed by atoms with Crippen LogP contribution in [-0.4, -0.2) is 18.7 Å². The minimum absolute atomic E-state index is 0.110. The molecular formula is C16H15BrN2O3. The number of rotatable bonds is 6. The quantitative estimate of drug-likeness (QED) is 0.631. The van der Waals surface area contributed by atoms with E-state index in [4.69, 9.17) is 9.15 Å². The van der Waals surface area contributed by atoms with Crippen molar-refractivity contribution in [2.75, 3.05) is 6.61 Å². The summed E-state index contributed by atoms with van der Waals surface area (Å²) in [4.78, 5) is 11.6. The van der Waals surface area contributed by atoms with E-state index in [1.54, 1.807) is 24.5 Å². The predicted octanol–water partition coefficient (Wildman–Crippen LogP) is 3.54. The molecule has 0 saturated heterocycles. The lowest BCUT2D eigenvalue weighted by molar-refractivity contribution is -0.123. The Kier molecular flexibility index (Phi) is 5.97. The maximum absolute atomic E-state index is 11.6. The zero-order valence-corrected chi connectivity index (χ0v) is 13.5. The third-order valence-corrected chi connectivity index (χ3v) is 3.22. The van der Waals surface area contributed by atoms with E-state index >= 15 is 0 Å². The Hall–Kier alpha value is -2.34. The molecule has 1 aromatic carbocycles. The van der Waals surface area contributed by atoms with Crippen LogP contribution in [0, 0.1) is 6.92 Å². The fourth-order valence-corrected chi connectivity index (χ4v) is 2.18. The normalized spacial score (nSPS) is 11.2. The van der Waals surface area contributed by atoms with Crippen LogP contribution >= 0.6 is 15.9 Å². The molecule has 6 heteroatoms. The highest BCUT2D eigenvalue weighted by molar-refractivity contribution is 9.10. The van der Waals surface area contributed by atoms with Crippen molar-refractivity contribution in [2.24, 2.45) is 5.10 Å². The lowest BCUT2D eigenvalue weighted by atomic mass is 10.2. The molecule has 0 aliphatic heterocycles. The third-order valence-electron chi connectivity index (χ3n) is 2.60. The van der Waals surface area contributed by atoms with Crippen LogP contribution in [0.1, 0.15) is 11.3 Å². The highest BCUT2D eigenvalue weighted by Crippen LogP contribution is 2.25. The number of nitrogens with zero attached hydrogens (tertiary/aromatic N) is 1. The van der Waals surface area contributed by atoms with Crippen molar-refractivity contribution < 1.29 is 13.9 Å². The molecule has 1 N–H and O–H groups in total. The first kappa shape index (κ1) is 16.0. The molecular weight excluding hydrogens is 348 g/mol. The summed E-state index contributed by atoms with van der Waals surface area (Å²) < 4.78 is 11.3. The summed E-state index contributed by atoms with van der Waals surface area (Å²) in [6, 6.07) is 9.25. The number of carbonyl (C=O) groups excluding carboxylic acids is 1. The van der Waals surface area contributed by atoms with Crippen LogP contribution in [-0.2, 0) is 4.79 Å². The molecule has 2 rings (SSSR count). The topological polar surface area (TPSA) is 63.8 Å². The molecule has 114 valence electrons. The maximum atomic E-state index is 11.6. The molecule has 22 heavy (non-hydrogen) atoms. The zero-order valence-electron chi connectivity index (χ0n) is 12.0. The van der Waals surface area contributed by atoms with Crippen molar-refractivity contribution in [1.29, 1.82) is 0 Å². The number of amides is 1. The predicted molar refractivity (Wildman–Crippen MR) is 88.8 cm³/mol. The van der Waals surface area contributed by atoms with Gasteiger partial charge in [-0.15, -0.1) is 0 Å². The number of hydrazone groups is 1. The van der Waals surface area contributed by atoms with Gasteiger partial charge in [0, 0.05) is 6.21 Å². The van der Waals surface area contributed by atoms with Gasteiger partial charge < -0.3 is 9.15 Å². The minimum Gasteiger partial charge on any atom is -0.483 e. The standard InChI is InChI=1S/C16H15BrN2O3/c1-12-6-7-15(14(17)10-12)22-11-16(20)19-18-8-2-4-13-5-3-9-21-13/h2-10H,11H2,1H3,(H,19,20)/b4-2+,18-8+. The number of furan rings is 1. The van der Waals surface area contributed by atoms with Gasteiger partial charge in [-0.1, -0.05) is 6.07 Å². The van der Waals surface area contributed by atoms with Crippen molar-refractivity contribution in [3.05, 3.63) is 58.5 Å². The Bertz CT molecular complexity index is 679. The van der Waals surface area contributed by atoms with E-state index < -0.39 is 0 Å². The summed E-state index contributed by atoms with van der Waals surface area (Å²) in [6.07, 6.45) is 6.44. The first-order valence-electron chi connectivity index (χ1n) is 6.56. The van der Waals surface area contributed by atoms with E-state index in [2.05, 4.69) is 26.5 Å². The molecule has 1 heterocycles. The first-order valence-corrected chi connectivity index (χ1v) is 7.35. The van der Waals surface area contributed by atoms with E-state index in [1.165, 1.54) is 6.21 Å². The smallest absolute Gasteiger partial charge is 0.277 e. The molecule has 0 fully saturated rings. The molecule has 0 aliphatic rings. The van der Waals surface area contributed by atoms with Crippen LogP contribution in [0.15, 0.2) is 56.7 Å². The summed E-state index contributed by atoms with van der Waals surface area (Å²) in [5, 5.41) is 3.77. The Morgan fingerprint density at radius 1 is 1.45 bits per heavy atom. The average Bonchev–Trinajstić information content (AvgIpc) is 2.99. The lowest BCUT2D eigenvalue weighted by Gasteiger charge is -2.07. The summed E-state index contributed by atoms with van der Waals surface area (Å²) in [7, 11) is 0. The summed E-state index contributed by atoms with van der Waals surface area (Å²) in [5.41, 5.74) is 3.48. The van der Waals surface area contributed by atoms with Crippen LogP contribution in [0.3, 0.4) is 0 Å². The minimum atomic E-state index is -0.338. The second-order valence-electron chi connectivity index (χ2n) is 4.41. The van der Waals surface area contributed by atoms with Gasteiger partial charge in [-0.3, -0.25) is 4.79 Å². The van der Waals surface area contributed by atoms with Gasteiger partial charge in [0.15, 0.2) is 6.61 Å². The molecule has 0 saturated carbocycles. The van der Waals surface area contributed by atoms with Crippen LogP contribution in [0.5, 0.6) is 5.75 Å². The Labute approximate surface area is 136 Å². The average molecular weight is 363 g/mol. The summed E-state index contributed by atoms with van der Waals surface area (Å²) in [6.45, 7) is 1.87. The maximum Gasteiger partial charge on any atom is 0.277 e. The number of carbonyl (C=O) groups is 1. The number of aryl methyl sites for hydroxylation is 1. The van der Waals surface area contributed by atoms with E-state index in [0.29, 0.717) is 11.5 Å². The third kappa shape index (κ3) is 5.21. The van der Waals surface area contributed by atoms with Gasteiger partial charge in [0.1, 0.15) is 11.5 Å². The Morgan fingerprint density at radius 2 is 2.32 bits per heavy atom. The second-order valence-corrected chi connectivity index (χ2v) is 5.26. The van der Waals surface area contributed by atoms with Gasteiger partial charge in [-0.2, -0.15) is 5.10 Å². The molecule has 0 radical (unpaired) electrons. The zero-order chi connectivity index (χ0) is 15.8. The number of benzene rings is 1. The molecule has 2 aromatic rings. The second kappa shape index (κ2) is 8.19. The van der Waals surface area contributed by atoms with E-state index in [-0.39, 0.29) is 12.5 Å².